The van der Waals surface area contributed by atoms with Gasteiger partial charge in [-0.15, -0.1) is 0 Å². The van der Waals surface area contributed by atoms with Crippen LogP contribution >= 0.6 is 38.9 Å². The second kappa shape index (κ2) is 10.1. The lowest BCUT2D eigenvalue weighted by Gasteiger charge is -2.25. The van der Waals surface area contributed by atoms with E-state index >= 15 is 0 Å². The summed E-state index contributed by atoms with van der Waals surface area (Å²) in [5.74, 6) is -0.278. The first-order valence-corrected chi connectivity index (χ1v) is 13.1. The predicted molar refractivity (Wildman–Crippen MR) is 142 cm³/mol. The SMILES string of the molecule is CCOC(=O)C1=C(C)N=c2s/c(=C\c3cc(Br)cc(Cl)c3O)c(=O)n2[C@H]1c1ccc(C(C)C)cc1. The number of carbonyl (C=O) groups is 1. The molecule has 0 saturated heterocycles. The van der Waals surface area contributed by atoms with Crippen molar-refractivity contribution < 1.29 is 14.6 Å². The van der Waals surface area contributed by atoms with Crippen LogP contribution in [0.15, 0.2) is 61.9 Å². The Morgan fingerprint density at radius 2 is 2.00 bits per heavy atom. The quantitative estimate of drug-likeness (QED) is 0.432. The number of rotatable bonds is 5. The highest BCUT2D eigenvalue weighted by Crippen LogP contribution is 2.33. The van der Waals surface area contributed by atoms with Gasteiger partial charge in [-0.05, 0) is 49.1 Å². The zero-order chi connectivity index (χ0) is 25.4. The molecule has 6 nitrogen and oxygen atoms in total. The van der Waals surface area contributed by atoms with E-state index in [9.17, 15) is 14.7 Å². The Hall–Kier alpha value is -2.68. The smallest absolute Gasteiger partial charge is 0.338 e. The summed E-state index contributed by atoms with van der Waals surface area (Å²) in [6, 6.07) is 10.5. The second-order valence-corrected chi connectivity index (χ2v) is 10.8. The molecule has 0 saturated carbocycles. The molecule has 2 aromatic carbocycles. The van der Waals surface area contributed by atoms with Crippen molar-refractivity contribution in [3.05, 3.63) is 93.5 Å². The summed E-state index contributed by atoms with van der Waals surface area (Å²) >= 11 is 10.7. The summed E-state index contributed by atoms with van der Waals surface area (Å²) in [6.07, 6.45) is 1.58. The minimum Gasteiger partial charge on any atom is -0.506 e. The van der Waals surface area contributed by atoms with E-state index < -0.39 is 12.0 Å². The second-order valence-electron chi connectivity index (χ2n) is 8.45. The van der Waals surface area contributed by atoms with E-state index in [4.69, 9.17) is 16.3 Å². The lowest BCUT2D eigenvalue weighted by atomic mass is 9.93. The van der Waals surface area contributed by atoms with Gasteiger partial charge in [0.1, 0.15) is 5.75 Å². The number of hydrogen-bond donors (Lipinski definition) is 1. The molecule has 35 heavy (non-hydrogen) atoms. The Labute approximate surface area is 220 Å². The predicted octanol–water partition coefficient (Wildman–Crippen LogP) is 5.04. The number of hydrogen-bond acceptors (Lipinski definition) is 6. The topological polar surface area (TPSA) is 80.9 Å². The Morgan fingerprint density at radius 1 is 1.31 bits per heavy atom. The number of ether oxygens (including phenoxy) is 1. The van der Waals surface area contributed by atoms with Crippen LogP contribution in [-0.4, -0.2) is 22.2 Å². The van der Waals surface area contributed by atoms with Crippen molar-refractivity contribution in [1.29, 1.82) is 0 Å². The van der Waals surface area contributed by atoms with Crippen molar-refractivity contribution in [3.63, 3.8) is 0 Å². The summed E-state index contributed by atoms with van der Waals surface area (Å²) in [7, 11) is 0. The van der Waals surface area contributed by atoms with Crippen molar-refractivity contribution >= 4 is 50.9 Å². The highest BCUT2D eigenvalue weighted by atomic mass is 79.9. The van der Waals surface area contributed by atoms with E-state index in [1.165, 1.54) is 15.9 Å². The van der Waals surface area contributed by atoms with Gasteiger partial charge in [0.2, 0.25) is 0 Å². The number of fused-ring (bicyclic) bond motifs is 1. The van der Waals surface area contributed by atoms with E-state index in [2.05, 4.69) is 34.8 Å². The molecule has 3 aromatic rings. The number of phenols is 1. The first-order chi connectivity index (χ1) is 16.6. The van der Waals surface area contributed by atoms with E-state index in [1.807, 2.05) is 24.3 Å². The first-order valence-electron chi connectivity index (χ1n) is 11.1. The molecule has 0 radical (unpaired) electrons. The van der Waals surface area contributed by atoms with Crippen LogP contribution in [0, 0.1) is 0 Å². The normalized spacial score (nSPS) is 15.9. The van der Waals surface area contributed by atoms with Gasteiger partial charge in [0.15, 0.2) is 4.80 Å². The molecule has 182 valence electrons. The fraction of sp³-hybridized carbons (Fsp3) is 0.269. The number of nitrogens with zero attached hydrogens (tertiary/aromatic N) is 2. The van der Waals surface area contributed by atoms with Gasteiger partial charge in [-0.2, -0.15) is 0 Å². The van der Waals surface area contributed by atoms with Gasteiger partial charge in [0.05, 0.1) is 33.5 Å². The number of allylic oxidation sites excluding steroid dienone is 1. The lowest BCUT2D eigenvalue weighted by molar-refractivity contribution is -0.139. The molecule has 1 aromatic heterocycles. The number of phenolic OH excluding ortho intramolecular Hbond substituents is 1. The summed E-state index contributed by atoms with van der Waals surface area (Å²) in [4.78, 5) is 31.7. The maximum atomic E-state index is 13.7. The maximum absolute atomic E-state index is 13.7. The number of aromatic nitrogens is 1. The van der Waals surface area contributed by atoms with Gasteiger partial charge < -0.3 is 9.84 Å². The highest BCUT2D eigenvalue weighted by Gasteiger charge is 2.33. The van der Waals surface area contributed by atoms with Crippen molar-refractivity contribution in [2.75, 3.05) is 6.61 Å². The van der Waals surface area contributed by atoms with E-state index in [1.54, 1.807) is 32.1 Å². The highest BCUT2D eigenvalue weighted by molar-refractivity contribution is 9.10. The van der Waals surface area contributed by atoms with Gasteiger partial charge in [-0.3, -0.25) is 9.36 Å². The Bertz CT molecular complexity index is 1520. The van der Waals surface area contributed by atoms with Crippen LogP contribution in [-0.2, 0) is 9.53 Å². The fourth-order valence-corrected chi connectivity index (χ4v) is 5.88. The van der Waals surface area contributed by atoms with Gasteiger partial charge in [-0.1, -0.05) is 77.0 Å². The van der Waals surface area contributed by atoms with E-state index in [-0.39, 0.29) is 22.9 Å². The molecule has 1 atom stereocenters. The van der Waals surface area contributed by atoms with Gasteiger partial charge in [0.25, 0.3) is 5.56 Å². The number of thiazole rings is 1. The largest absolute Gasteiger partial charge is 0.506 e. The summed E-state index contributed by atoms with van der Waals surface area (Å²) < 4.78 is 7.89. The Morgan fingerprint density at radius 3 is 2.63 bits per heavy atom. The molecule has 9 heteroatoms. The maximum Gasteiger partial charge on any atom is 0.338 e. The van der Waals surface area contributed by atoms with E-state index in [0.717, 1.165) is 11.1 Å². The molecular weight excluding hydrogens is 552 g/mol. The molecule has 1 N–H and O–H groups in total. The monoisotopic (exact) mass is 574 g/mol. The molecule has 0 unspecified atom stereocenters. The van der Waals surface area contributed by atoms with Crippen LogP contribution in [0.25, 0.3) is 6.08 Å². The third-order valence-corrected chi connectivity index (χ3v) is 7.51. The van der Waals surface area contributed by atoms with Gasteiger partial charge in [0, 0.05) is 10.0 Å². The van der Waals surface area contributed by atoms with Crippen LogP contribution in [0.2, 0.25) is 5.02 Å². The van der Waals surface area contributed by atoms with Crippen LogP contribution in [0.3, 0.4) is 0 Å². The number of benzene rings is 2. The lowest BCUT2D eigenvalue weighted by Crippen LogP contribution is -2.39. The molecule has 0 bridgehead atoms. The van der Waals surface area contributed by atoms with E-state index in [0.29, 0.717) is 36.6 Å². The zero-order valence-electron chi connectivity index (χ0n) is 19.6. The van der Waals surface area contributed by atoms with Gasteiger partial charge in [-0.25, -0.2) is 9.79 Å². The van der Waals surface area contributed by atoms with Crippen molar-refractivity contribution in [1.82, 2.24) is 4.57 Å². The summed E-state index contributed by atoms with van der Waals surface area (Å²) in [6.45, 7) is 7.91. The summed E-state index contributed by atoms with van der Waals surface area (Å²) in [5.41, 5.74) is 2.85. The standard InChI is InChI=1S/C26H24BrClN2O4S/c1-5-34-25(33)21-14(4)29-26-30(22(21)16-8-6-15(7-9-16)13(2)3)24(32)20(35-26)11-17-10-18(27)12-19(28)23(17)31/h6-13,22,31H,5H2,1-4H3/b20-11-/t22-/m0/s1. The molecule has 1 aliphatic rings. The third-order valence-electron chi connectivity index (χ3n) is 5.78. The van der Waals surface area contributed by atoms with Crippen LogP contribution in [0.1, 0.15) is 56.3 Å². The minimum absolute atomic E-state index is 0.120. The molecule has 0 amide bonds. The van der Waals surface area contributed by atoms with Gasteiger partial charge >= 0.3 is 5.97 Å². The van der Waals surface area contributed by atoms with Crippen molar-refractivity contribution in [2.24, 2.45) is 4.99 Å². The molecule has 0 fully saturated rings. The minimum atomic E-state index is -0.687. The average molecular weight is 576 g/mol. The first kappa shape index (κ1) is 25.4. The van der Waals surface area contributed by atoms with Crippen molar-refractivity contribution in [3.8, 4) is 5.75 Å². The number of halogens is 2. The van der Waals surface area contributed by atoms with Crippen LogP contribution < -0.4 is 14.9 Å². The molecule has 2 heterocycles. The fourth-order valence-electron chi connectivity index (χ4n) is 4.01. The number of esters is 1. The zero-order valence-corrected chi connectivity index (χ0v) is 22.8. The number of aromatic hydroxyl groups is 1. The third kappa shape index (κ3) is 4.87. The molecule has 0 spiro atoms. The molecular formula is C26H24BrClN2O4S. The molecule has 4 rings (SSSR count). The van der Waals surface area contributed by atoms with Crippen LogP contribution in [0.5, 0.6) is 5.75 Å². The Kier molecular flexibility index (Phi) is 7.35. The molecule has 1 aliphatic heterocycles. The molecule has 0 aliphatic carbocycles. The van der Waals surface area contributed by atoms with Crippen molar-refractivity contribution in [2.45, 2.75) is 39.7 Å². The average Bonchev–Trinajstić information content (AvgIpc) is 3.10. The summed E-state index contributed by atoms with van der Waals surface area (Å²) in [5, 5.41) is 10.6. The van der Waals surface area contributed by atoms with Crippen LogP contribution in [0.4, 0.5) is 0 Å². The Balaban J connectivity index is 1.96. The number of carbonyl (C=O) groups excluding carboxylic acids is 1.